The maximum absolute atomic E-state index is 13.1. The summed E-state index contributed by atoms with van der Waals surface area (Å²) < 4.78 is 0. The quantitative estimate of drug-likeness (QED) is 0.586. The smallest absolute Gasteiger partial charge is 0.241 e. The molecule has 29 heavy (non-hydrogen) atoms. The molecule has 0 heterocycles. The number of carbonyl (C=O) groups excluding carboxylic acids is 2. The van der Waals surface area contributed by atoms with E-state index in [1.54, 1.807) is 12.1 Å². The van der Waals surface area contributed by atoms with Gasteiger partial charge < -0.3 is 10.6 Å². The summed E-state index contributed by atoms with van der Waals surface area (Å²) >= 11 is 0. The summed E-state index contributed by atoms with van der Waals surface area (Å²) in [6, 6.07) is 20.6. The molecule has 0 aliphatic heterocycles. The molecule has 3 rings (SSSR count). The Morgan fingerprint density at radius 3 is 1.48 bits per heavy atom. The summed E-state index contributed by atoms with van der Waals surface area (Å²) in [6.45, 7) is 8.02. The van der Waals surface area contributed by atoms with E-state index in [1.807, 2.05) is 82.3 Å². The molecular formula is C25H26N2O2. The monoisotopic (exact) mass is 386 g/mol. The van der Waals surface area contributed by atoms with Crippen molar-refractivity contribution in [1.29, 1.82) is 0 Å². The van der Waals surface area contributed by atoms with Crippen LogP contribution in [0.2, 0.25) is 0 Å². The highest BCUT2D eigenvalue weighted by Gasteiger charge is 2.29. The molecular weight excluding hydrogens is 360 g/mol. The van der Waals surface area contributed by atoms with Crippen LogP contribution in [-0.2, 0) is 9.59 Å². The second kappa shape index (κ2) is 8.74. The van der Waals surface area contributed by atoms with Gasteiger partial charge in [0.15, 0.2) is 0 Å². The number of carbonyl (C=O) groups is 2. The van der Waals surface area contributed by atoms with Gasteiger partial charge in [0.1, 0.15) is 5.92 Å². The molecule has 0 aliphatic carbocycles. The van der Waals surface area contributed by atoms with Crippen LogP contribution in [-0.4, -0.2) is 11.8 Å². The van der Waals surface area contributed by atoms with E-state index >= 15 is 0 Å². The maximum Gasteiger partial charge on any atom is 0.241 e. The molecule has 0 saturated carbocycles. The number of hydrogen-bond acceptors (Lipinski definition) is 2. The zero-order chi connectivity index (χ0) is 21.0. The SMILES string of the molecule is Cc1ccc(NC(=O)C(C(=O)Nc2ccc(C)c(C)c2)c2ccccc2)cc1C. The first-order chi connectivity index (χ1) is 13.8. The number of benzene rings is 3. The molecule has 0 spiro atoms. The molecule has 0 saturated heterocycles. The Morgan fingerprint density at radius 2 is 1.07 bits per heavy atom. The molecule has 148 valence electrons. The van der Waals surface area contributed by atoms with Crippen LogP contribution in [0.1, 0.15) is 33.7 Å². The number of amides is 2. The van der Waals surface area contributed by atoms with Crippen LogP contribution < -0.4 is 10.6 Å². The van der Waals surface area contributed by atoms with Gasteiger partial charge >= 0.3 is 0 Å². The molecule has 0 aromatic heterocycles. The molecule has 0 bridgehead atoms. The fraction of sp³-hybridized carbons (Fsp3) is 0.200. The van der Waals surface area contributed by atoms with E-state index in [0.29, 0.717) is 16.9 Å². The van der Waals surface area contributed by atoms with E-state index in [2.05, 4.69) is 10.6 Å². The van der Waals surface area contributed by atoms with Gasteiger partial charge in [-0.15, -0.1) is 0 Å². The van der Waals surface area contributed by atoms with E-state index in [1.165, 1.54) is 0 Å². The summed E-state index contributed by atoms with van der Waals surface area (Å²) in [4.78, 5) is 26.2. The average molecular weight is 386 g/mol. The van der Waals surface area contributed by atoms with Gasteiger partial charge in [-0.1, -0.05) is 42.5 Å². The van der Waals surface area contributed by atoms with Crippen LogP contribution in [0.15, 0.2) is 66.7 Å². The van der Waals surface area contributed by atoms with Crippen LogP contribution in [0, 0.1) is 27.7 Å². The van der Waals surface area contributed by atoms with Crippen molar-refractivity contribution < 1.29 is 9.59 Å². The van der Waals surface area contributed by atoms with Crippen molar-refractivity contribution in [2.75, 3.05) is 10.6 Å². The lowest BCUT2D eigenvalue weighted by atomic mass is 9.96. The van der Waals surface area contributed by atoms with Crippen LogP contribution in [0.4, 0.5) is 11.4 Å². The molecule has 3 aromatic carbocycles. The van der Waals surface area contributed by atoms with Crippen molar-refractivity contribution in [2.45, 2.75) is 33.6 Å². The van der Waals surface area contributed by atoms with Crippen LogP contribution in [0.5, 0.6) is 0 Å². The third-order valence-electron chi connectivity index (χ3n) is 5.21. The van der Waals surface area contributed by atoms with Gasteiger partial charge in [0.2, 0.25) is 11.8 Å². The molecule has 0 radical (unpaired) electrons. The predicted octanol–water partition coefficient (Wildman–Crippen LogP) is 5.28. The van der Waals surface area contributed by atoms with Gasteiger partial charge in [-0.25, -0.2) is 0 Å². The number of nitrogens with one attached hydrogen (secondary N) is 2. The van der Waals surface area contributed by atoms with Crippen molar-refractivity contribution in [3.8, 4) is 0 Å². The van der Waals surface area contributed by atoms with Crippen LogP contribution >= 0.6 is 0 Å². The van der Waals surface area contributed by atoms with E-state index in [4.69, 9.17) is 0 Å². The Kier molecular flexibility index (Phi) is 6.13. The first kappa shape index (κ1) is 20.3. The Bertz CT molecular complexity index is 976. The minimum absolute atomic E-state index is 0.360. The highest BCUT2D eigenvalue weighted by molar-refractivity contribution is 6.15. The van der Waals surface area contributed by atoms with E-state index in [-0.39, 0.29) is 11.8 Å². The lowest BCUT2D eigenvalue weighted by Crippen LogP contribution is -2.32. The van der Waals surface area contributed by atoms with Gasteiger partial charge in [0, 0.05) is 11.4 Å². The first-order valence-corrected chi connectivity index (χ1v) is 9.66. The average Bonchev–Trinajstić information content (AvgIpc) is 2.68. The molecule has 0 aliphatic rings. The highest BCUT2D eigenvalue weighted by atomic mass is 16.2. The normalized spacial score (nSPS) is 10.7. The van der Waals surface area contributed by atoms with E-state index in [0.717, 1.165) is 22.3 Å². The molecule has 0 unspecified atom stereocenters. The molecule has 3 aromatic rings. The summed E-state index contributed by atoms with van der Waals surface area (Å²) in [6.07, 6.45) is 0. The second-order valence-corrected chi connectivity index (χ2v) is 7.42. The summed E-state index contributed by atoms with van der Waals surface area (Å²) in [7, 11) is 0. The molecule has 0 fully saturated rings. The molecule has 4 nitrogen and oxygen atoms in total. The lowest BCUT2D eigenvalue weighted by Gasteiger charge is -2.18. The number of anilines is 2. The zero-order valence-corrected chi connectivity index (χ0v) is 17.2. The zero-order valence-electron chi connectivity index (χ0n) is 17.2. The molecule has 2 N–H and O–H groups in total. The summed E-state index contributed by atoms with van der Waals surface area (Å²) in [5.41, 5.74) is 6.47. The summed E-state index contributed by atoms with van der Waals surface area (Å²) in [5.74, 6) is -1.68. The standard InChI is InChI=1S/C25H26N2O2/c1-16-10-12-21(14-18(16)3)26-24(28)23(20-8-6-5-7-9-20)25(29)27-22-13-11-17(2)19(4)15-22/h5-15,23H,1-4H3,(H,26,28)(H,27,29). The van der Waals surface area contributed by atoms with Gasteiger partial charge in [0.25, 0.3) is 0 Å². The Hall–Kier alpha value is -3.40. The number of rotatable bonds is 5. The first-order valence-electron chi connectivity index (χ1n) is 9.66. The van der Waals surface area contributed by atoms with Gasteiger partial charge in [-0.2, -0.15) is 0 Å². The summed E-state index contributed by atoms with van der Waals surface area (Å²) in [5, 5.41) is 5.79. The third-order valence-corrected chi connectivity index (χ3v) is 5.21. The van der Waals surface area contributed by atoms with Gasteiger partial charge in [-0.05, 0) is 79.8 Å². The van der Waals surface area contributed by atoms with E-state index in [9.17, 15) is 9.59 Å². The minimum atomic E-state index is -0.959. The maximum atomic E-state index is 13.1. The lowest BCUT2D eigenvalue weighted by molar-refractivity contribution is -0.125. The molecule has 2 amide bonds. The van der Waals surface area contributed by atoms with Crippen molar-refractivity contribution in [3.05, 3.63) is 94.5 Å². The fourth-order valence-electron chi connectivity index (χ4n) is 3.13. The predicted molar refractivity (Wildman–Crippen MR) is 118 cm³/mol. The van der Waals surface area contributed by atoms with Crippen molar-refractivity contribution in [2.24, 2.45) is 0 Å². The minimum Gasteiger partial charge on any atom is -0.325 e. The van der Waals surface area contributed by atoms with Crippen molar-refractivity contribution in [3.63, 3.8) is 0 Å². The Morgan fingerprint density at radius 1 is 0.621 bits per heavy atom. The highest BCUT2D eigenvalue weighted by Crippen LogP contribution is 2.23. The van der Waals surface area contributed by atoms with Crippen LogP contribution in [0.25, 0.3) is 0 Å². The number of hydrogen-bond donors (Lipinski definition) is 2. The Balaban J connectivity index is 1.87. The molecule has 4 heteroatoms. The topological polar surface area (TPSA) is 58.2 Å². The van der Waals surface area contributed by atoms with E-state index < -0.39 is 5.92 Å². The van der Waals surface area contributed by atoms with Gasteiger partial charge in [0.05, 0.1) is 0 Å². The van der Waals surface area contributed by atoms with Crippen LogP contribution in [0.3, 0.4) is 0 Å². The third kappa shape index (κ3) is 4.91. The van der Waals surface area contributed by atoms with Crippen molar-refractivity contribution >= 4 is 23.2 Å². The second-order valence-electron chi connectivity index (χ2n) is 7.42. The fourth-order valence-corrected chi connectivity index (χ4v) is 3.13. The van der Waals surface area contributed by atoms with Gasteiger partial charge in [-0.3, -0.25) is 9.59 Å². The Labute approximate surface area is 172 Å². The van der Waals surface area contributed by atoms with Crippen molar-refractivity contribution in [1.82, 2.24) is 0 Å². The molecule has 0 atom stereocenters. The largest absolute Gasteiger partial charge is 0.325 e. The number of aryl methyl sites for hydroxylation is 4.